The van der Waals surface area contributed by atoms with Gasteiger partial charge in [0.2, 0.25) is 0 Å². The Kier molecular flexibility index (Phi) is 1.69. The second-order valence-corrected chi connectivity index (χ2v) is 5.70. The van der Waals surface area contributed by atoms with Gasteiger partial charge in [0.1, 0.15) is 0 Å². The van der Waals surface area contributed by atoms with Crippen molar-refractivity contribution >= 4 is 5.91 Å². The van der Waals surface area contributed by atoms with Gasteiger partial charge >= 0.3 is 0 Å². The molecule has 0 saturated heterocycles. The molecule has 0 aromatic heterocycles. The van der Waals surface area contributed by atoms with Crippen molar-refractivity contribution < 1.29 is 10.6 Å². The SMILES string of the molecule is [NH3+]NC(=O)C12CC3CC(CC(C3)C1)C2. The molecule has 1 amide bonds. The molecule has 4 rings (SSSR count). The number of amides is 1. The first-order valence-corrected chi connectivity index (χ1v) is 5.79. The highest BCUT2D eigenvalue weighted by molar-refractivity contribution is 5.81. The lowest BCUT2D eigenvalue weighted by Gasteiger charge is -2.55. The number of hydrogen-bond acceptors (Lipinski definition) is 1. The third-order valence-corrected chi connectivity index (χ3v) is 4.68. The third kappa shape index (κ3) is 1.05. The van der Waals surface area contributed by atoms with Crippen LogP contribution in [0, 0.1) is 23.2 Å². The van der Waals surface area contributed by atoms with Gasteiger partial charge in [-0.15, -0.1) is 0 Å². The van der Waals surface area contributed by atoms with Gasteiger partial charge in [-0.25, -0.2) is 5.43 Å². The molecule has 4 fully saturated rings. The van der Waals surface area contributed by atoms with Crippen molar-refractivity contribution in [1.82, 2.24) is 5.43 Å². The van der Waals surface area contributed by atoms with Gasteiger partial charge < -0.3 is 0 Å². The monoisotopic (exact) mass is 195 g/mol. The highest BCUT2D eigenvalue weighted by Gasteiger charge is 2.54. The molecule has 0 spiro atoms. The van der Waals surface area contributed by atoms with Crippen LogP contribution >= 0.6 is 0 Å². The average Bonchev–Trinajstić information content (AvgIpc) is 2.14. The summed E-state index contributed by atoms with van der Waals surface area (Å²) in [5.74, 6) is 6.30. The van der Waals surface area contributed by atoms with E-state index in [1.165, 1.54) is 19.3 Å². The number of hydrogen-bond donors (Lipinski definition) is 2. The van der Waals surface area contributed by atoms with Crippen molar-refractivity contribution in [3.05, 3.63) is 0 Å². The summed E-state index contributed by atoms with van der Waals surface area (Å²) in [6.45, 7) is 0. The molecule has 4 saturated carbocycles. The topological polar surface area (TPSA) is 56.7 Å². The van der Waals surface area contributed by atoms with Crippen LogP contribution in [-0.2, 0) is 4.79 Å². The summed E-state index contributed by atoms with van der Waals surface area (Å²) in [4.78, 5) is 11.9. The molecule has 0 aliphatic heterocycles. The lowest BCUT2D eigenvalue weighted by molar-refractivity contribution is -0.430. The summed E-state index contributed by atoms with van der Waals surface area (Å²) >= 11 is 0. The zero-order chi connectivity index (χ0) is 9.76. The lowest BCUT2D eigenvalue weighted by Crippen LogP contribution is -2.71. The van der Waals surface area contributed by atoms with Gasteiger partial charge in [-0.05, 0) is 56.3 Å². The summed E-state index contributed by atoms with van der Waals surface area (Å²) < 4.78 is 0. The predicted octanol–water partition coefficient (Wildman–Crippen LogP) is 0.476. The van der Waals surface area contributed by atoms with Gasteiger partial charge in [0.15, 0.2) is 0 Å². The molecular weight excluding hydrogens is 176 g/mol. The zero-order valence-corrected chi connectivity index (χ0v) is 8.59. The maximum absolute atomic E-state index is 11.9. The van der Waals surface area contributed by atoms with Crippen LogP contribution < -0.4 is 11.3 Å². The fourth-order valence-electron chi connectivity index (χ4n) is 4.58. The van der Waals surface area contributed by atoms with E-state index in [-0.39, 0.29) is 11.3 Å². The Morgan fingerprint density at radius 1 is 1.07 bits per heavy atom. The van der Waals surface area contributed by atoms with E-state index in [2.05, 4.69) is 11.3 Å². The Bertz CT molecular complexity index is 239. The van der Waals surface area contributed by atoms with E-state index < -0.39 is 0 Å². The Balaban J connectivity index is 1.91. The van der Waals surface area contributed by atoms with Crippen LogP contribution in [0.4, 0.5) is 0 Å². The van der Waals surface area contributed by atoms with E-state index in [1.807, 2.05) is 0 Å². The molecule has 4 N–H and O–H groups in total. The molecule has 0 aromatic carbocycles. The van der Waals surface area contributed by atoms with E-state index in [4.69, 9.17) is 0 Å². The van der Waals surface area contributed by atoms with Crippen molar-refractivity contribution in [2.45, 2.75) is 38.5 Å². The van der Waals surface area contributed by atoms with E-state index in [9.17, 15) is 4.79 Å². The molecule has 0 atom stereocenters. The number of quaternary nitrogens is 1. The number of carbonyl (C=O) groups excluding carboxylic acids is 1. The Morgan fingerprint density at radius 3 is 1.86 bits per heavy atom. The minimum Gasteiger partial charge on any atom is -0.269 e. The summed E-state index contributed by atoms with van der Waals surface area (Å²) in [5.41, 5.74) is 2.63. The van der Waals surface area contributed by atoms with Crippen LogP contribution in [0.15, 0.2) is 0 Å². The molecule has 0 aromatic rings. The third-order valence-electron chi connectivity index (χ3n) is 4.68. The summed E-state index contributed by atoms with van der Waals surface area (Å²) in [7, 11) is 0. The largest absolute Gasteiger partial charge is 0.271 e. The predicted molar refractivity (Wildman–Crippen MR) is 51.6 cm³/mol. The van der Waals surface area contributed by atoms with E-state index in [0.717, 1.165) is 37.0 Å². The fourth-order valence-corrected chi connectivity index (χ4v) is 4.58. The van der Waals surface area contributed by atoms with Crippen molar-refractivity contribution in [3.63, 3.8) is 0 Å². The molecule has 3 nitrogen and oxygen atoms in total. The van der Waals surface area contributed by atoms with Crippen LogP contribution in [0.3, 0.4) is 0 Å². The zero-order valence-electron chi connectivity index (χ0n) is 8.59. The smallest absolute Gasteiger partial charge is 0.269 e. The minimum atomic E-state index is -0.00347. The Morgan fingerprint density at radius 2 is 1.50 bits per heavy atom. The first-order valence-electron chi connectivity index (χ1n) is 5.79. The van der Waals surface area contributed by atoms with Gasteiger partial charge in [0.25, 0.3) is 5.91 Å². The quantitative estimate of drug-likeness (QED) is 0.587. The Labute approximate surface area is 84.4 Å². The summed E-state index contributed by atoms with van der Waals surface area (Å²) in [6.07, 6.45) is 7.60. The van der Waals surface area contributed by atoms with Gasteiger partial charge in [-0.1, -0.05) is 0 Å². The van der Waals surface area contributed by atoms with Crippen LogP contribution in [0.25, 0.3) is 0 Å². The van der Waals surface area contributed by atoms with Gasteiger partial charge in [-0.2, -0.15) is 0 Å². The highest BCUT2D eigenvalue weighted by atomic mass is 16.2. The number of nitrogens with one attached hydrogen (secondary N) is 1. The molecule has 3 heteroatoms. The molecule has 0 heterocycles. The van der Waals surface area contributed by atoms with Gasteiger partial charge in [0, 0.05) is 0 Å². The van der Waals surface area contributed by atoms with Crippen LogP contribution in [0.1, 0.15) is 38.5 Å². The van der Waals surface area contributed by atoms with Gasteiger partial charge in [0.05, 0.1) is 5.41 Å². The van der Waals surface area contributed by atoms with Crippen LogP contribution in [0.2, 0.25) is 0 Å². The second kappa shape index (κ2) is 2.72. The minimum absolute atomic E-state index is 0.00347. The van der Waals surface area contributed by atoms with Crippen molar-refractivity contribution in [1.29, 1.82) is 0 Å². The van der Waals surface area contributed by atoms with Crippen molar-refractivity contribution in [2.24, 2.45) is 23.2 Å². The van der Waals surface area contributed by atoms with Crippen molar-refractivity contribution in [2.75, 3.05) is 0 Å². The molecule has 4 aliphatic carbocycles. The lowest BCUT2D eigenvalue weighted by atomic mass is 9.49. The maximum Gasteiger partial charge on any atom is 0.271 e. The fraction of sp³-hybridized carbons (Fsp3) is 0.909. The van der Waals surface area contributed by atoms with Crippen molar-refractivity contribution in [3.8, 4) is 0 Å². The number of carbonyl (C=O) groups is 1. The molecular formula is C11H19N2O+. The number of rotatable bonds is 1. The molecule has 0 unspecified atom stereocenters. The molecule has 0 radical (unpaired) electrons. The molecule has 14 heavy (non-hydrogen) atoms. The van der Waals surface area contributed by atoms with Gasteiger partial charge in [-0.3, -0.25) is 10.6 Å². The molecule has 4 aliphatic rings. The first kappa shape index (κ1) is 8.72. The van der Waals surface area contributed by atoms with Crippen LogP contribution in [-0.4, -0.2) is 5.91 Å². The normalized spacial score (nSPS) is 49.4. The standard InChI is InChI=1S/C11H18N2O/c12-13-10(14)11-4-7-1-8(5-11)3-9(2-7)6-11/h7-9H,1-6,12H2,(H,13,14)/p+1. The average molecular weight is 195 g/mol. The highest BCUT2D eigenvalue weighted by Crippen LogP contribution is 2.59. The molecule has 78 valence electrons. The van der Waals surface area contributed by atoms with E-state index >= 15 is 0 Å². The summed E-state index contributed by atoms with van der Waals surface area (Å²) in [6, 6.07) is 0. The Hall–Kier alpha value is -0.570. The summed E-state index contributed by atoms with van der Waals surface area (Å²) in [5, 5.41) is 0. The first-order chi connectivity index (χ1) is 6.72. The molecule has 4 bridgehead atoms. The second-order valence-electron chi connectivity index (χ2n) is 5.70. The van der Waals surface area contributed by atoms with E-state index in [0.29, 0.717) is 0 Å². The van der Waals surface area contributed by atoms with Crippen LogP contribution in [0.5, 0.6) is 0 Å². The van der Waals surface area contributed by atoms with E-state index in [1.54, 1.807) is 0 Å². The maximum atomic E-state index is 11.9.